The SMILES string of the molecule is Cn1ccnc1CN1CCCN(C(=O)CCCc2ccccc2)CC1. The quantitative estimate of drug-likeness (QED) is 0.811. The average molecular weight is 340 g/mol. The second kappa shape index (κ2) is 8.81. The first kappa shape index (κ1) is 17.7. The molecule has 0 bridgehead atoms. The van der Waals surface area contributed by atoms with E-state index in [1.54, 1.807) is 0 Å². The molecule has 0 radical (unpaired) electrons. The first-order valence-electron chi connectivity index (χ1n) is 9.22. The van der Waals surface area contributed by atoms with Gasteiger partial charge in [-0.3, -0.25) is 9.69 Å². The van der Waals surface area contributed by atoms with E-state index in [1.807, 2.05) is 30.4 Å². The lowest BCUT2D eigenvalue weighted by atomic mass is 10.1. The Morgan fingerprint density at radius 3 is 2.72 bits per heavy atom. The molecule has 0 atom stereocenters. The molecule has 5 nitrogen and oxygen atoms in total. The van der Waals surface area contributed by atoms with E-state index in [1.165, 1.54) is 5.56 Å². The highest BCUT2D eigenvalue weighted by atomic mass is 16.2. The first-order valence-corrected chi connectivity index (χ1v) is 9.22. The van der Waals surface area contributed by atoms with Crippen molar-refractivity contribution in [2.75, 3.05) is 26.2 Å². The van der Waals surface area contributed by atoms with Crippen molar-refractivity contribution in [2.45, 2.75) is 32.2 Å². The van der Waals surface area contributed by atoms with Gasteiger partial charge in [0.1, 0.15) is 5.82 Å². The highest BCUT2D eigenvalue weighted by Gasteiger charge is 2.19. The molecule has 1 aromatic heterocycles. The minimum atomic E-state index is 0.301. The van der Waals surface area contributed by atoms with Crippen LogP contribution < -0.4 is 0 Å². The van der Waals surface area contributed by atoms with Crippen molar-refractivity contribution in [1.29, 1.82) is 0 Å². The summed E-state index contributed by atoms with van der Waals surface area (Å²) in [6.45, 7) is 4.52. The molecule has 3 rings (SSSR count). The second-order valence-electron chi connectivity index (χ2n) is 6.80. The normalized spacial score (nSPS) is 16.0. The monoisotopic (exact) mass is 340 g/mol. The van der Waals surface area contributed by atoms with E-state index in [0.717, 1.165) is 57.8 Å². The summed E-state index contributed by atoms with van der Waals surface area (Å²) in [5, 5.41) is 0. The number of amides is 1. The number of aromatic nitrogens is 2. The van der Waals surface area contributed by atoms with Crippen molar-refractivity contribution >= 4 is 5.91 Å². The molecule has 0 N–H and O–H groups in total. The molecule has 25 heavy (non-hydrogen) atoms. The molecule has 1 amide bonds. The Bertz CT molecular complexity index is 667. The summed E-state index contributed by atoms with van der Waals surface area (Å²) in [5.41, 5.74) is 1.31. The van der Waals surface area contributed by atoms with Crippen molar-refractivity contribution in [3.63, 3.8) is 0 Å². The summed E-state index contributed by atoms with van der Waals surface area (Å²) < 4.78 is 2.07. The average Bonchev–Trinajstić information content (AvgIpc) is 2.89. The first-order chi connectivity index (χ1) is 12.2. The molecule has 0 aliphatic carbocycles. The number of carbonyl (C=O) groups is 1. The predicted molar refractivity (Wildman–Crippen MR) is 99.1 cm³/mol. The van der Waals surface area contributed by atoms with E-state index in [4.69, 9.17) is 0 Å². The molecule has 0 spiro atoms. The molecule has 1 aliphatic heterocycles. The fourth-order valence-electron chi connectivity index (χ4n) is 3.37. The Labute approximate surface area is 150 Å². The number of aryl methyl sites for hydroxylation is 2. The maximum Gasteiger partial charge on any atom is 0.222 e. The third-order valence-electron chi connectivity index (χ3n) is 4.93. The van der Waals surface area contributed by atoms with Gasteiger partial charge in [0.15, 0.2) is 0 Å². The molecule has 0 unspecified atom stereocenters. The standard InChI is InChI=1S/C20H28N4O/c1-22-14-11-21-19(22)17-23-12-6-13-24(16-15-23)20(25)10-5-9-18-7-3-2-4-8-18/h2-4,7-8,11,14H,5-6,9-10,12-13,15-17H2,1H3. The number of carbonyl (C=O) groups excluding carboxylic acids is 1. The number of benzene rings is 1. The van der Waals surface area contributed by atoms with Crippen LogP contribution >= 0.6 is 0 Å². The lowest BCUT2D eigenvalue weighted by molar-refractivity contribution is -0.131. The van der Waals surface area contributed by atoms with E-state index < -0.39 is 0 Å². The van der Waals surface area contributed by atoms with Gasteiger partial charge in [0.05, 0.1) is 6.54 Å². The smallest absolute Gasteiger partial charge is 0.222 e. The fraction of sp³-hybridized carbons (Fsp3) is 0.500. The maximum absolute atomic E-state index is 12.5. The summed E-state index contributed by atoms with van der Waals surface area (Å²) >= 11 is 0. The molecular weight excluding hydrogens is 312 g/mol. The van der Waals surface area contributed by atoms with E-state index in [-0.39, 0.29) is 0 Å². The van der Waals surface area contributed by atoms with E-state index in [2.05, 4.69) is 38.7 Å². The highest BCUT2D eigenvalue weighted by molar-refractivity contribution is 5.76. The lowest BCUT2D eigenvalue weighted by Crippen LogP contribution is -2.35. The molecule has 1 aromatic carbocycles. The Morgan fingerprint density at radius 2 is 1.96 bits per heavy atom. The van der Waals surface area contributed by atoms with Gasteiger partial charge in [-0.05, 0) is 24.8 Å². The highest BCUT2D eigenvalue weighted by Crippen LogP contribution is 2.11. The Kier molecular flexibility index (Phi) is 6.23. The van der Waals surface area contributed by atoms with Crippen LogP contribution in [0.5, 0.6) is 0 Å². The van der Waals surface area contributed by atoms with E-state index in [9.17, 15) is 4.79 Å². The van der Waals surface area contributed by atoms with Crippen LogP contribution in [0, 0.1) is 0 Å². The number of hydrogen-bond donors (Lipinski definition) is 0. The maximum atomic E-state index is 12.5. The van der Waals surface area contributed by atoms with Gasteiger partial charge >= 0.3 is 0 Å². The molecule has 2 aromatic rings. The summed E-state index contributed by atoms with van der Waals surface area (Å²) in [6, 6.07) is 10.4. The van der Waals surface area contributed by atoms with Crippen LogP contribution in [0.4, 0.5) is 0 Å². The van der Waals surface area contributed by atoms with Gasteiger partial charge in [-0.25, -0.2) is 4.98 Å². The van der Waals surface area contributed by atoms with Gasteiger partial charge in [0.25, 0.3) is 0 Å². The van der Waals surface area contributed by atoms with Gasteiger partial charge in [-0.1, -0.05) is 30.3 Å². The van der Waals surface area contributed by atoms with Crippen LogP contribution in [0.3, 0.4) is 0 Å². The van der Waals surface area contributed by atoms with Crippen LogP contribution in [0.1, 0.15) is 30.7 Å². The van der Waals surface area contributed by atoms with E-state index in [0.29, 0.717) is 12.3 Å². The van der Waals surface area contributed by atoms with Gasteiger partial charge in [-0.2, -0.15) is 0 Å². The number of rotatable bonds is 6. The largest absolute Gasteiger partial charge is 0.341 e. The van der Waals surface area contributed by atoms with Crippen LogP contribution in [0.2, 0.25) is 0 Å². The van der Waals surface area contributed by atoms with Gasteiger partial charge in [0.2, 0.25) is 5.91 Å². The molecule has 0 saturated carbocycles. The molecule has 1 fully saturated rings. The zero-order valence-electron chi connectivity index (χ0n) is 15.1. The predicted octanol–water partition coefficient (Wildman–Crippen LogP) is 2.48. The summed E-state index contributed by atoms with van der Waals surface area (Å²) in [7, 11) is 2.03. The van der Waals surface area contributed by atoms with Crippen molar-refractivity contribution in [1.82, 2.24) is 19.4 Å². The summed E-state index contributed by atoms with van der Waals surface area (Å²) in [5.74, 6) is 1.39. The van der Waals surface area contributed by atoms with Gasteiger partial charge < -0.3 is 9.47 Å². The third-order valence-corrected chi connectivity index (χ3v) is 4.93. The van der Waals surface area contributed by atoms with Crippen molar-refractivity contribution < 1.29 is 4.79 Å². The Hall–Kier alpha value is -2.14. The molecule has 1 saturated heterocycles. The minimum absolute atomic E-state index is 0.301. The van der Waals surface area contributed by atoms with Crippen molar-refractivity contribution in [3.8, 4) is 0 Å². The topological polar surface area (TPSA) is 41.4 Å². The minimum Gasteiger partial charge on any atom is -0.341 e. The molecule has 1 aliphatic rings. The number of hydrogen-bond acceptors (Lipinski definition) is 3. The Balaban J connectivity index is 1.42. The lowest BCUT2D eigenvalue weighted by Gasteiger charge is -2.22. The van der Waals surface area contributed by atoms with Crippen molar-refractivity contribution in [3.05, 3.63) is 54.1 Å². The van der Waals surface area contributed by atoms with Crippen LogP contribution in [-0.4, -0.2) is 51.4 Å². The number of imidazole rings is 1. The Morgan fingerprint density at radius 1 is 1.12 bits per heavy atom. The summed E-state index contributed by atoms with van der Waals surface area (Å²) in [4.78, 5) is 21.4. The van der Waals surface area contributed by atoms with Gasteiger partial charge in [-0.15, -0.1) is 0 Å². The van der Waals surface area contributed by atoms with Gasteiger partial charge in [0, 0.05) is 52.0 Å². The molecule has 2 heterocycles. The zero-order valence-corrected chi connectivity index (χ0v) is 15.1. The molecule has 5 heteroatoms. The van der Waals surface area contributed by atoms with E-state index >= 15 is 0 Å². The van der Waals surface area contributed by atoms with Crippen molar-refractivity contribution in [2.24, 2.45) is 7.05 Å². The summed E-state index contributed by atoms with van der Waals surface area (Å²) in [6.07, 6.45) is 7.41. The number of nitrogens with zero attached hydrogens (tertiary/aromatic N) is 4. The zero-order chi connectivity index (χ0) is 17.5. The van der Waals surface area contributed by atoms with Crippen LogP contribution in [0.15, 0.2) is 42.7 Å². The van der Waals surface area contributed by atoms with Crippen LogP contribution in [-0.2, 0) is 24.8 Å². The third kappa shape index (κ3) is 5.16. The molecule has 134 valence electrons. The van der Waals surface area contributed by atoms with Crippen LogP contribution in [0.25, 0.3) is 0 Å². The molecular formula is C20H28N4O. The fourth-order valence-corrected chi connectivity index (χ4v) is 3.37. The second-order valence-corrected chi connectivity index (χ2v) is 6.80.